The monoisotopic (exact) mass is 377 g/mol. The summed E-state index contributed by atoms with van der Waals surface area (Å²) in [6, 6.07) is 9.85. The molecular weight excluding hydrogens is 358 g/mol. The number of hydrogen-bond acceptors (Lipinski definition) is 5. The second kappa shape index (κ2) is 7.19. The Kier molecular flexibility index (Phi) is 4.57. The van der Waals surface area contributed by atoms with E-state index in [1.165, 1.54) is 6.92 Å². The lowest BCUT2D eigenvalue weighted by atomic mass is 9.98. The number of allylic oxidation sites excluding steroid dienone is 2. The Morgan fingerprint density at radius 2 is 2.18 bits per heavy atom. The fraction of sp³-hybridized carbons (Fsp3) is 0.300. The summed E-state index contributed by atoms with van der Waals surface area (Å²) in [5, 5.41) is 11.8. The number of cyclic esters (lactones) is 1. The van der Waals surface area contributed by atoms with Gasteiger partial charge in [0.1, 0.15) is 12.2 Å². The van der Waals surface area contributed by atoms with Gasteiger partial charge in [0.15, 0.2) is 0 Å². The van der Waals surface area contributed by atoms with Gasteiger partial charge in [-0.05, 0) is 23.3 Å². The number of nitriles is 1. The van der Waals surface area contributed by atoms with Gasteiger partial charge < -0.3 is 14.6 Å². The SMILES string of the molecule is CC(=O)NC[C@H]1CN(c2ccc(C3=CCn4c(cnc4C#N)C3)cc2)C(=O)O1. The van der Waals surface area contributed by atoms with E-state index in [0.717, 1.165) is 22.5 Å². The summed E-state index contributed by atoms with van der Waals surface area (Å²) in [7, 11) is 0. The number of benzene rings is 1. The lowest BCUT2D eigenvalue weighted by Gasteiger charge is -2.18. The maximum Gasteiger partial charge on any atom is 0.414 e. The fourth-order valence-corrected chi connectivity index (χ4v) is 3.49. The third-order valence-electron chi connectivity index (χ3n) is 4.93. The highest BCUT2D eigenvalue weighted by atomic mass is 16.6. The molecule has 1 saturated heterocycles. The molecule has 1 N–H and O–H groups in total. The number of aromatic nitrogens is 2. The Labute approximate surface area is 162 Å². The van der Waals surface area contributed by atoms with Crippen LogP contribution in [0.4, 0.5) is 10.5 Å². The lowest BCUT2D eigenvalue weighted by molar-refractivity contribution is -0.119. The van der Waals surface area contributed by atoms with Gasteiger partial charge in [-0.25, -0.2) is 9.78 Å². The van der Waals surface area contributed by atoms with Crippen LogP contribution in [0.3, 0.4) is 0 Å². The third kappa shape index (κ3) is 3.34. The molecule has 0 saturated carbocycles. The highest BCUT2D eigenvalue weighted by Crippen LogP contribution is 2.28. The standard InChI is InChI=1S/C20H19N5O3/c1-13(26)22-11-18-12-25(20(27)28-18)16-4-2-14(3-5-16)15-6-7-24-17(8-15)10-23-19(24)9-21/h2-6,10,18H,7-8,11-12H2,1H3,(H,22,26)/t18-/m0/s1. The molecule has 142 valence electrons. The Hall–Kier alpha value is -3.60. The number of nitrogens with one attached hydrogen (secondary N) is 1. The molecule has 2 aliphatic heterocycles. The zero-order chi connectivity index (χ0) is 19.7. The third-order valence-corrected chi connectivity index (χ3v) is 4.93. The molecule has 1 aromatic heterocycles. The molecule has 0 bridgehead atoms. The van der Waals surface area contributed by atoms with Crippen LogP contribution in [0, 0.1) is 11.3 Å². The van der Waals surface area contributed by atoms with Crippen LogP contribution >= 0.6 is 0 Å². The molecule has 2 aliphatic rings. The van der Waals surface area contributed by atoms with E-state index in [0.29, 0.717) is 31.9 Å². The van der Waals surface area contributed by atoms with Crippen molar-refractivity contribution in [3.05, 3.63) is 53.6 Å². The first-order chi connectivity index (χ1) is 13.5. The van der Waals surface area contributed by atoms with E-state index in [2.05, 4.69) is 22.4 Å². The van der Waals surface area contributed by atoms with Gasteiger partial charge in [0.05, 0.1) is 13.1 Å². The topological polar surface area (TPSA) is 100 Å². The minimum absolute atomic E-state index is 0.150. The van der Waals surface area contributed by atoms with Crippen molar-refractivity contribution in [1.82, 2.24) is 14.9 Å². The predicted molar refractivity (Wildman–Crippen MR) is 101 cm³/mol. The van der Waals surface area contributed by atoms with Crippen molar-refractivity contribution < 1.29 is 14.3 Å². The zero-order valence-electron chi connectivity index (χ0n) is 15.4. The number of carbonyl (C=O) groups excluding carboxylic acids is 2. The number of amides is 2. The van der Waals surface area contributed by atoms with E-state index >= 15 is 0 Å². The summed E-state index contributed by atoms with van der Waals surface area (Å²) in [6.45, 7) is 2.76. The molecule has 28 heavy (non-hydrogen) atoms. The van der Waals surface area contributed by atoms with Crippen LogP contribution in [0.25, 0.3) is 5.57 Å². The Bertz CT molecular complexity index is 1000. The number of nitrogens with zero attached hydrogens (tertiary/aromatic N) is 4. The molecule has 2 amide bonds. The van der Waals surface area contributed by atoms with Crippen LogP contribution in [0.1, 0.15) is 24.0 Å². The molecule has 0 aliphatic carbocycles. The number of ether oxygens (including phenoxy) is 1. The number of carbonyl (C=O) groups is 2. The van der Waals surface area contributed by atoms with Gasteiger partial charge >= 0.3 is 6.09 Å². The molecule has 1 fully saturated rings. The molecule has 0 radical (unpaired) electrons. The molecule has 1 atom stereocenters. The highest BCUT2D eigenvalue weighted by Gasteiger charge is 2.32. The smallest absolute Gasteiger partial charge is 0.414 e. The zero-order valence-corrected chi connectivity index (χ0v) is 15.4. The second-order valence-corrected chi connectivity index (χ2v) is 6.80. The van der Waals surface area contributed by atoms with Crippen LogP contribution in [0.15, 0.2) is 36.5 Å². The molecule has 4 rings (SSSR count). The van der Waals surface area contributed by atoms with Gasteiger partial charge in [0.2, 0.25) is 11.7 Å². The highest BCUT2D eigenvalue weighted by molar-refractivity contribution is 5.90. The van der Waals surface area contributed by atoms with E-state index in [1.54, 1.807) is 11.1 Å². The maximum absolute atomic E-state index is 12.1. The molecule has 2 aromatic rings. The summed E-state index contributed by atoms with van der Waals surface area (Å²) in [6.07, 6.45) is 3.78. The van der Waals surface area contributed by atoms with Gasteiger partial charge in [-0.1, -0.05) is 18.2 Å². The van der Waals surface area contributed by atoms with Crippen molar-refractivity contribution >= 4 is 23.3 Å². The van der Waals surface area contributed by atoms with E-state index in [4.69, 9.17) is 10.00 Å². The van der Waals surface area contributed by atoms with Crippen LogP contribution < -0.4 is 10.2 Å². The van der Waals surface area contributed by atoms with Crippen LogP contribution in [0.2, 0.25) is 0 Å². The summed E-state index contributed by atoms with van der Waals surface area (Å²) in [5.41, 5.74) is 4.00. The van der Waals surface area contributed by atoms with Crippen LogP contribution in [0.5, 0.6) is 0 Å². The quantitative estimate of drug-likeness (QED) is 0.876. The first-order valence-electron chi connectivity index (χ1n) is 9.01. The van der Waals surface area contributed by atoms with E-state index in [-0.39, 0.29) is 12.0 Å². The van der Waals surface area contributed by atoms with Crippen molar-refractivity contribution in [2.75, 3.05) is 18.0 Å². The van der Waals surface area contributed by atoms with Gasteiger partial charge in [-0.15, -0.1) is 0 Å². The fourth-order valence-electron chi connectivity index (χ4n) is 3.49. The average molecular weight is 377 g/mol. The minimum atomic E-state index is -0.409. The van der Waals surface area contributed by atoms with Crippen molar-refractivity contribution in [3.8, 4) is 6.07 Å². The second-order valence-electron chi connectivity index (χ2n) is 6.80. The number of rotatable bonds is 4. The molecule has 1 aromatic carbocycles. The maximum atomic E-state index is 12.1. The number of hydrogen-bond donors (Lipinski definition) is 1. The number of fused-ring (bicyclic) bond motifs is 1. The van der Waals surface area contributed by atoms with E-state index in [9.17, 15) is 9.59 Å². The normalized spacial score (nSPS) is 18.1. The Morgan fingerprint density at radius 1 is 1.39 bits per heavy atom. The van der Waals surface area contributed by atoms with Gasteiger partial charge in [-0.3, -0.25) is 9.69 Å². The summed E-state index contributed by atoms with van der Waals surface area (Å²) < 4.78 is 7.21. The van der Waals surface area contributed by atoms with Gasteiger partial charge in [0.25, 0.3) is 0 Å². The number of anilines is 1. The molecule has 8 nitrogen and oxygen atoms in total. The largest absolute Gasteiger partial charge is 0.442 e. The van der Waals surface area contributed by atoms with Crippen LogP contribution in [-0.4, -0.2) is 40.7 Å². The first-order valence-corrected chi connectivity index (χ1v) is 9.01. The molecule has 0 spiro atoms. The van der Waals surface area contributed by atoms with Crippen molar-refractivity contribution in [2.45, 2.75) is 26.0 Å². The molecule has 0 unspecified atom stereocenters. The Balaban J connectivity index is 1.45. The summed E-state index contributed by atoms with van der Waals surface area (Å²) in [5.74, 6) is 0.282. The molecule has 8 heteroatoms. The van der Waals surface area contributed by atoms with E-state index < -0.39 is 6.09 Å². The molecular formula is C20H19N5O3. The average Bonchev–Trinajstić information content (AvgIpc) is 3.29. The van der Waals surface area contributed by atoms with Crippen molar-refractivity contribution in [1.29, 1.82) is 5.26 Å². The Morgan fingerprint density at radius 3 is 2.89 bits per heavy atom. The van der Waals surface area contributed by atoms with Crippen LogP contribution in [-0.2, 0) is 22.5 Å². The lowest BCUT2D eigenvalue weighted by Crippen LogP contribution is -2.33. The summed E-state index contributed by atoms with van der Waals surface area (Å²) >= 11 is 0. The van der Waals surface area contributed by atoms with Gasteiger partial charge in [0, 0.05) is 37.5 Å². The van der Waals surface area contributed by atoms with Crippen molar-refractivity contribution in [3.63, 3.8) is 0 Å². The predicted octanol–water partition coefficient (Wildman–Crippen LogP) is 1.86. The first kappa shape index (κ1) is 17.8. The number of imidazole rings is 1. The molecule has 3 heterocycles. The minimum Gasteiger partial charge on any atom is -0.442 e. The summed E-state index contributed by atoms with van der Waals surface area (Å²) in [4.78, 5) is 28.9. The van der Waals surface area contributed by atoms with Crippen molar-refractivity contribution in [2.24, 2.45) is 0 Å². The van der Waals surface area contributed by atoms with Gasteiger partial charge in [-0.2, -0.15) is 5.26 Å². The van der Waals surface area contributed by atoms with E-state index in [1.807, 2.05) is 28.8 Å².